The van der Waals surface area contributed by atoms with Gasteiger partial charge in [0.2, 0.25) is 0 Å². The molecule has 102 valence electrons. The lowest BCUT2D eigenvalue weighted by atomic mass is 9.95. The van der Waals surface area contributed by atoms with E-state index in [0.717, 1.165) is 24.0 Å². The molecule has 0 radical (unpaired) electrons. The van der Waals surface area contributed by atoms with E-state index in [1.807, 2.05) is 13.0 Å². The summed E-state index contributed by atoms with van der Waals surface area (Å²) >= 11 is 0. The molecule has 0 saturated carbocycles. The molecule has 0 bridgehead atoms. The second kappa shape index (κ2) is 6.09. The monoisotopic (exact) mass is 261 g/mol. The Morgan fingerprint density at radius 3 is 2.50 bits per heavy atom. The first kappa shape index (κ1) is 14.8. The molecule has 0 aromatic heterocycles. The number of aryl methyl sites for hydroxylation is 1. The second-order valence-electron chi connectivity index (χ2n) is 4.46. The minimum Gasteiger partial charge on any atom is -0.406 e. The van der Waals surface area contributed by atoms with Gasteiger partial charge >= 0.3 is 6.36 Å². The van der Waals surface area contributed by atoms with E-state index < -0.39 is 6.36 Å². The van der Waals surface area contributed by atoms with Crippen LogP contribution in [0.25, 0.3) is 0 Å². The standard InChI is InChI=1S/C13H18F3NO/c1-9-6-11(10(2)4-3-5-17)8-12(7-9)18-13(14,15)16/h6-8,10H,3-5,17H2,1-2H3. The summed E-state index contributed by atoms with van der Waals surface area (Å²) in [7, 11) is 0. The Labute approximate surface area is 105 Å². The maximum absolute atomic E-state index is 12.2. The molecule has 0 aliphatic carbocycles. The first-order valence-electron chi connectivity index (χ1n) is 5.89. The number of rotatable bonds is 5. The summed E-state index contributed by atoms with van der Waals surface area (Å²) in [5.41, 5.74) is 7.03. The summed E-state index contributed by atoms with van der Waals surface area (Å²) in [5, 5.41) is 0. The van der Waals surface area contributed by atoms with Crippen molar-refractivity contribution in [2.24, 2.45) is 5.73 Å². The van der Waals surface area contributed by atoms with Crippen molar-refractivity contribution in [3.05, 3.63) is 29.3 Å². The van der Waals surface area contributed by atoms with E-state index in [2.05, 4.69) is 4.74 Å². The molecule has 0 spiro atoms. The van der Waals surface area contributed by atoms with Crippen LogP contribution in [-0.2, 0) is 0 Å². The third-order valence-electron chi connectivity index (χ3n) is 2.72. The zero-order chi connectivity index (χ0) is 13.8. The Morgan fingerprint density at radius 1 is 1.28 bits per heavy atom. The minimum absolute atomic E-state index is 0.155. The lowest BCUT2D eigenvalue weighted by Gasteiger charge is -2.15. The zero-order valence-electron chi connectivity index (χ0n) is 10.6. The Morgan fingerprint density at radius 2 is 1.94 bits per heavy atom. The van der Waals surface area contributed by atoms with E-state index in [1.54, 1.807) is 6.92 Å². The lowest BCUT2D eigenvalue weighted by Crippen LogP contribution is -2.17. The zero-order valence-corrected chi connectivity index (χ0v) is 10.6. The number of hydrogen-bond donors (Lipinski definition) is 1. The van der Waals surface area contributed by atoms with Crippen molar-refractivity contribution in [1.82, 2.24) is 0 Å². The molecule has 1 aromatic rings. The van der Waals surface area contributed by atoms with Gasteiger partial charge in [-0.15, -0.1) is 13.2 Å². The predicted octanol–water partition coefficient (Wildman–Crippen LogP) is 3.74. The molecule has 5 heteroatoms. The molecule has 0 amide bonds. The highest BCUT2D eigenvalue weighted by Crippen LogP contribution is 2.29. The van der Waals surface area contributed by atoms with Crippen LogP contribution in [0.3, 0.4) is 0 Å². The molecule has 0 aliphatic rings. The van der Waals surface area contributed by atoms with Gasteiger partial charge in [-0.3, -0.25) is 0 Å². The molecule has 18 heavy (non-hydrogen) atoms. The van der Waals surface area contributed by atoms with Crippen LogP contribution in [0.2, 0.25) is 0 Å². The highest BCUT2D eigenvalue weighted by atomic mass is 19.4. The quantitative estimate of drug-likeness (QED) is 0.876. The van der Waals surface area contributed by atoms with Crippen molar-refractivity contribution in [1.29, 1.82) is 0 Å². The van der Waals surface area contributed by atoms with Crippen LogP contribution >= 0.6 is 0 Å². The Hall–Kier alpha value is -1.23. The highest BCUT2D eigenvalue weighted by Gasteiger charge is 2.31. The first-order chi connectivity index (χ1) is 8.31. The van der Waals surface area contributed by atoms with Crippen molar-refractivity contribution in [3.8, 4) is 5.75 Å². The van der Waals surface area contributed by atoms with Gasteiger partial charge in [0.15, 0.2) is 0 Å². The average molecular weight is 261 g/mol. The van der Waals surface area contributed by atoms with Gasteiger partial charge in [0.25, 0.3) is 0 Å². The van der Waals surface area contributed by atoms with Crippen LogP contribution in [-0.4, -0.2) is 12.9 Å². The normalized spacial score (nSPS) is 13.4. The maximum atomic E-state index is 12.2. The molecular formula is C13H18F3NO. The molecule has 1 aromatic carbocycles. The minimum atomic E-state index is -4.65. The predicted molar refractivity (Wildman–Crippen MR) is 64.6 cm³/mol. The van der Waals surface area contributed by atoms with E-state index in [1.165, 1.54) is 12.1 Å². The summed E-state index contributed by atoms with van der Waals surface area (Å²) in [6.45, 7) is 4.31. The molecule has 0 heterocycles. The number of ether oxygens (including phenoxy) is 1. The SMILES string of the molecule is Cc1cc(OC(F)(F)F)cc(C(C)CCCN)c1. The van der Waals surface area contributed by atoms with Gasteiger partial charge in [-0.25, -0.2) is 0 Å². The van der Waals surface area contributed by atoms with E-state index in [0.29, 0.717) is 6.54 Å². The molecule has 0 aliphatic heterocycles. The Balaban J connectivity index is 2.86. The third kappa shape index (κ3) is 4.96. The molecule has 0 saturated heterocycles. The average Bonchev–Trinajstić information content (AvgIpc) is 2.22. The summed E-state index contributed by atoms with van der Waals surface area (Å²) in [4.78, 5) is 0. The number of alkyl halides is 3. The van der Waals surface area contributed by atoms with E-state index in [-0.39, 0.29) is 11.7 Å². The van der Waals surface area contributed by atoms with Crippen molar-refractivity contribution in [2.45, 2.75) is 39.0 Å². The van der Waals surface area contributed by atoms with Crippen molar-refractivity contribution in [2.75, 3.05) is 6.54 Å². The number of halogens is 3. The van der Waals surface area contributed by atoms with E-state index in [4.69, 9.17) is 5.73 Å². The topological polar surface area (TPSA) is 35.2 Å². The molecule has 0 fully saturated rings. The van der Waals surface area contributed by atoms with Gasteiger partial charge in [0.05, 0.1) is 0 Å². The molecule has 2 N–H and O–H groups in total. The third-order valence-corrected chi connectivity index (χ3v) is 2.72. The fraction of sp³-hybridized carbons (Fsp3) is 0.538. The fourth-order valence-electron chi connectivity index (χ4n) is 1.84. The van der Waals surface area contributed by atoms with Crippen LogP contribution in [0, 0.1) is 6.92 Å². The smallest absolute Gasteiger partial charge is 0.406 e. The largest absolute Gasteiger partial charge is 0.573 e. The van der Waals surface area contributed by atoms with Crippen LogP contribution in [0.5, 0.6) is 5.75 Å². The van der Waals surface area contributed by atoms with Gasteiger partial charge in [-0.1, -0.05) is 13.0 Å². The Bertz CT molecular complexity index is 390. The molecule has 1 rings (SSSR count). The van der Waals surface area contributed by atoms with Crippen LogP contribution in [0.4, 0.5) is 13.2 Å². The summed E-state index contributed by atoms with van der Waals surface area (Å²) in [5.74, 6) is 0.0149. The summed E-state index contributed by atoms with van der Waals surface area (Å²) in [6.07, 6.45) is -2.94. The van der Waals surface area contributed by atoms with Gasteiger partial charge < -0.3 is 10.5 Å². The lowest BCUT2D eigenvalue weighted by molar-refractivity contribution is -0.274. The van der Waals surface area contributed by atoms with Gasteiger partial charge in [-0.2, -0.15) is 0 Å². The molecule has 1 atom stereocenters. The number of benzene rings is 1. The number of hydrogen-bond acceptors (Lipinski definition) is 2. The van der Waals surface area contributed by atoms with Crippen molar-refractivity contribution < 1.29 is 17.9 Å². The summed E-state index contributed by atoms with van der Waals surface area (Å²) in [6, 6.07) is 4.71. The van der Waals surface area contributed by atoms with Crippen LogP contribution in [0.1, 0.15) is 36.8 Å². The van der Waals surface area contributed by atoms with Crippen LogP contribution < -0.4 is 10.5 Å². The van der Waals surface area contributed by atoms with Gasteiger partial charge in [0.1, 0.15) is 5.75 Å². The number of nitrogens with two attached hydrogens (primary N) is 1. The van der Waals surface area contributed by atoms with Gasteiger partial charge in [-0.05, 0) is 55.5 Å². The second-order valence-corrected chi connectivity index (χ2v) is 4.46. The molecule has 1 unspecified atom stereocenters. The van der Waals surface area contributed by atoms with Gasteiger partial charge in [0, 0.05) is 0 Å². The van der Waals surface area contributed by atoms with Crippen LogP contribution in [0.15, 0.2) is 18.2 Å². The van der Waals surface area contributed by atoms with Crippen molar-refractivity contribution >= 4 is 0 Å². The summed E-state index contributed by atoms with van der Waals surface area (Å²) < 4.78 is 40.5. The maximum Gasteiger partial charge on any atom is 0.573 e. The fourth-order valence-corrected chi connectivity index (χ4v) is 1.84. The highest BCUT2D eigenvalue weighted by molar-refractivity contribution is 5.35. The molecule has 2 nitrogen and oxygen atoms in total. The first-order valence-corrected chi connectivity index (χ1v) is 5.89. The molecular weight excluding hydrogens is 243 g/mol. The van der Waals surface area contributed by atoms with E-state index >= 15 is 0 Å². The Kier molecular flexibility index (Phi) is 5.02. The van der Waals surface area contributed by atoms with Crippen molar-refractivity contribution in [3.63, 3.8) is 0 Å². The van der Waals surface area contributed by atoms with E-state index in [9.17, 15) is 13.2 Å².